The molecule has 3 aromatic heterocycles. The lowest BCUT2D eigenvalue weighted by Crippen LogP contribution is -2.37. The fraction of sp³-hybridized carbons (Fsp3) is 0.500. The minimum Gasteiger partial charge on any atom is -0.449 e. The van der Waals surface area contributed by atoms with Crippen LogP contribution in [-0.2, 0) is 34.4 Å². The molecule has 0 aromatic carbocycles. The Balaban J connectivity index is 1.11. The van der Waals surface area contributed by atoms with Crippen LogP contribution in [0.2, 0.25) is 0 Å². The third-order valence-corrected chi connectivity index (χ3v) is 7.88. The van der Waals surface area contributed by atoms with E-state index >= 15 is 0 Å². The van der Waals surface area contributed by atoms with E-state index in [0.717, 1.165) is 55.8 Å². The van der Waals surface area contributed by atoms with Gasteiger partial charge in [0.25, 0.3) is 5.91 Å². The molecule has 0 saturated carbocycles. The van der Waals surface area contributed by atoms with Crippen LogP contribution in [0.5, 0.6) is 0 Å². The molecular formula is C28H33N7O4. The Kier molecular flexibility index (Phi) is 6.76. The molecule has 11 nitrogen and oxygen atoms in total. The van der Waals surface area contributed by atoms with Gasteiger partial charge in [0.2, 0.25) is 0 Å². The molecule has 1 atom stereocenters. The van der Waals surface area contributed by atoms with Gasteiger partial charge in [0.15, 0.2) is 5.82 Å². The average molecular weight is 532 g/mol. The van der Waals surface area contributed by atoms with Crippen LogP contribution in [0, 0.1) is 5.92 Å². The van der Waals surface area contributed by atoms with Crippen LogP contribution in [0.1, 0.15) is 60.5 Å². The van der Waals surface area contributed by atoms with Gasteiger partial charge < -0.3 is 24.3 Å². The molecule has 1 N–H and O–H groups in total. The SMILES string of the molecule is CC1(C)CCc2nnc(-c3cccc(NC(=O)c4cc5c(cn4)CCN(C(=O)OCCC4CCOC4)C5)n3)n21. The van der Waals surface area contributed by atoms with Crippen LogP contribution in [0.25, 0.3) is 11.5 Å². The molecule has 11 heteroatoms. The summed E-state index contributed by atoms with van der Waals surface area (Å²) in [5.41, 5.74) is 2.75. The number of nitrogens with one attached hydrogen (secondary N) is 1. The number of hydrogen-bond acceptors (Lipinski definition) is 8. The van der Waals surface area contributed by atoms with Crippen molar-refractivity contribution in [1.29, 1.82) is 0 Å². The van der Waals surface area contributed by atoms with Gasteiger partial charge >= 0.3 is 6.09 Å². The molecule has 1 fully saturated rings. The standard InChI is InChI=1S/C28H33N7O4/c1-28(2)10-6-24-32-33-25(35(24)28)21-4-3-5-23(30-21)31-26(36)22-14-20-16-34(11-7-19(20)15-29-22)27(37)39-13-9-18-8-12-38-17-18/h3-5,14-15,18H,6-13,16-17H2,1-2H3,(H,30,31,36). The maximum Gasteiger partial charge on any atom is 0.410 e. The van der Waals surface area contributed by atoms with Crippen molar-refractivity contribution < 1.29 is 19.1 Å². The zero-order valence-corrected chi connectivity index (χ0v) is 22.4. The molecule has 0 bridgehead atoms. The second-order valence-electron chi connectivity index (χ2n) is 11.1. The van der Waals surface area contributed by atoms with Crippen LogP contribution in [0.15, 0.2) is 30.5 Å². The van der Waals surface area contributed by atoms with Crippen molar-refractivity contribution in [1.82, 2.24) is 29.6 Å². The van der Waals surface area contributed by atoms with Crippen molar-refractivity contribution in [2.24, 2.45) is 5.92 Å². The number of aromatic nitrogens is 5. The summed E-state index contributed by atoms with van der Waals surface area (Å²) in [7, 11) is 0. The number of pyridine rings is 2. The number of carbonyl (C=O) groups excluding carboxylic acids is 2. The molecule has 0 radical (unpaired) electrons. The normalized spacial score (nSPS) is 19.4. The number of nitrogens with zero attached hydrogens (tertiary/aromatic N) is 6. The first kappa shape index (κ1) is 25.4. The van der Waals surface area contributed by atoms with Crippen molar-refractivity contribution >= 4 is 17.8 Å². The van der Waals surface area contributed by atoms with E-state index in [1.165, 1.54) is 0 Å². The van der Waals surface area contributed by atoms with Gasteiger partial charge in [-0.15, -0.1) is 10.2 Å². The van der Waals surface area contributed by atoms with E-state index in [1.807, 2.05) is 12.1 Å². The molecule has 3 aliphatic heterocycles. The number of anilines is 1. The molecule has 3 aliphatic rings. The maximum atomic E-state index is 13.1. The zero-order chi connectivity index (χ0) is 27.0. The molecule has 6 heterocycles. The molecule has 39 heavy (non-hydrogen) atoms. The van der Waals surface area contributed by atoms with E-state index in [0.29, 0.717) is 49.4 Å². The Morgan fingerprint density at radius 3 is 2.95 bits per heavy atom. The molecule has 3 aromatic rings. The van der Waals surface area contributed by atoms with Crippen LogP contribution in [0.4, 0.5) is 10.6 Å². The lowest BCUT2D eigenvalue weighted by molar-refractivity contribution is 0.0909. The lowest BCUT2D eigenvalue weighted by atomic mass is 10.0. The number of fused-ring (bicyclic) bond motifs is 2. The lowest BCUT2D eigenvalue weighted by Gasteiger charge is -2.28. The van der Waals surface area contributed by atoms with Crippen LogP contribution in [-0.4, -0.2) is 68.0 Å². The fourth-order valence-electron chi connectivity index (χ4n) is 5.55. The number of amides is 2. The number of hydrogen-bond donors (Lipinski definition) is 1. The van der Waals surface area contributed by atoms with Gasteiger partial charge in [0.1, 0.15) is 23.0 Å². The van der Waals surface area contributed by atoms with Gasteiger partial charge in [-0.05, 0) is 74.8 Å². The van der Waals surface area contributed by atoms with Crippen LogP contribution in [0.3, 0.4) is 0 Å². The molecule has 2 amide bonds. The first-order valence-electron chi connectivity index (χ1n) is 13.6. The Labute approximate surface area is 226 Å². The largest absolute Gasteiger partial charge is 0.449 e. The Hall–Kier alpha value is -3.86. The van der Waals surface area contributed by atoms with E-state index in [9.17, 15) is 9.59 Å². The van der Waals surface area contributed by atoms with Gasteiger partial charge in [-0.1, -0.05) is 6.07 Å². The van der Waals surface area contributed by atoms with E-state index in [1.54, 1.807) is 23.2 Å². The summed E-state index contributed by atoms with van der Waals surface area (Å²) in [6, 6.07) is 7.19. The third kappa shape index (κ3) is 5.23. The molecule has 204 valence electrons. The number of ether oxygens (including phenoxy) is 2. The summed E-state index contributed by atoms with van der Waals surface area (Å²) >= 11 is 0. The summed E-state index contributed by atoms with van der Waals surface area (Å²) in [5, 5.41) is 11.6. The zero-order valence-electron chi connectivity index (χ0n) is 22.4. The molecule has 0 aliphatic carbocycles. The summed E-state index contributed by atoms with van der Waals surface area (Å²) in [4.78, 5) is 36.4. The maximum absolute atomic E-state index is 13.1. The molecule has 0 spiro atoms. The fourth-order valence-corrected chi connectivity index (χ4v) is 5.55. The predicted molar refractivity (Wildman–Crippen MR) is 142 cm³/mol. The molecule has 1 unspecified atom stereocenters. The van der Waals surface area contributed by atoms with Crippen molar-refractivity contribution in [3.8, 4) is 11.5 Å². The van der Waals surface area contributed by atoms with Gasteiger partial charge in [0.05, 0.1) is 6.61 Å². The van der Waals surface area contributed by atoms with Crippen LogP contribution >= 0.6 is 0 Å². The monoisotopic (exact) mass is 531 g/mol. The summed E-state index contributed by atoms with van der Waals surface area (Å²) < 4.78 is 13.0. The molecule has 1 saturated heterocycles. The van der Waals surface area contributed by atoms with E-state index in [4.69, 9.17) is 9.47 Å². The topological polar surface area (TPSA) is 124 Å². The minimum absolute atomic E-state index is 0.0899. The van der Waals surface area contributed by atoms with E-state index in [2.05, 4.69) is 43.9 Å². The van der Waals surface area contributed by atoms with Gasteiger partial charge in [-0.2, -0.15) is 0 Å². The Morgan fingerprint density at radius 2 is 2.10 bits per heavy atom. The Bertz CT molecular complexity index is 1400. The minimum atomic E-state index is -0.368. The van der Waals surface area contributed by atoms with Gasteiger partial charge in [-0.3, -0.25) is 9.78 Å². The molecular weight excluding hydrogens is 498 g/mol. The first-order valence-corrected chi connectivity index (χ1v) is 13.6. The van der Waals surface area contributed by atoms with Gasteiger partial charge in [0, 0.05) is 44.5 Å². The van der Waals surface area contributed by atoms with Crippen LogP contribution < -0.4 is 5.32 Å². The smallest absolute Gasteiger partial charge is 0.410 e. The van der Waals surface area contributed by atoms with E-state index < -0.39 is 0 Å². The quantitative estimate of drug-likeness (QED) is 0.512. The summed E-state index contributed by atoms with van der Waals surface area (Å²) in [5.74, 6) is 2.15. The van der Waals surface area contributed by atoms with Gasteiger partial charge in [-0.25, -0.2) is 9.78 Å². The summed E-state index contributed by atoms with van der Waals surface area (Å²) in [6.07, 6.45) is 5.77. The third-order valence-electron chi connectivity index (χ3n) is 7.88. The number of carbonyl (C=O) groups is 2. The van der Waals surface area contributed by atoms with Crippen molar-refractivity contribution in [3.63, 3.8) is 0 Å². The predicted octanol–water partition coefficient (Wildman–Crippen LogP) is 3.59. The highest BCUT2D eigenvalue weighted by Gasteiger charge is 2.34. The van der Waals surface area contributed by atoms with E-state index in [-0.39, 0.29) is 23.2 Å². The highest BCUT2D eigenvalue weighted by Crippen LogP contribution is 2.35. The van der Waals surface area contributed by atoms with Crippen molar-refractivity contribution in [2.75, 3.05) is 31.7 Å². The Morgan fingerprint density at radius 1 is 1.21 bits per heavy atom. The highest BCUT2D eigenvalue weighted by molar-refractivity contribution is 6.02. The number of aryl methyl sites for hydroxylation is 1. The number of rotatable bonds is 6. The highest BCUT2D eigenvalue weighted by atomic mass is 16.6. The van der Waals surface area contributed by atoms with Crippen molar-refractivity contribution in [3.05, 3.63) is 53.1 Å². The summed E-state index contributed by atoms with van der Waals surface area (Å²) in [6.45, 7) is 7.19. The van der Waals surface area contributed by atoms with Crippen molar-refractivity contribution in [2.45, 2.75) is 58.0 Å². The first-order chi connectivity index (χ1) is 18.9. The second-order valence-corrected chi connectivity index (χ2v) is 11.1. The molecule has 6 rings (SSSR count). The second kappa shape index (κ2) is 10.4. The average Bonchev–Trinajstić information content (AvgIpc) is 3.67.